The van der Waals surface area contributed by atoms with Crippen LogP contribution in [0, 0.1) is 11.6 Å². The molecule has 0 aromatic heterocycles. The number of hydrogen-bond donors (Lipinski definition) is 1. The number of halogens is 2. The number of hydrogen-bond acceptors (Lipinski definition) is 3. The molecule has 7 heteroatoms. The van der Waals surface area contributed by atoms with Gasteiger partial charge in [0.2, 0.25) is 0 Å². The average Bonchev–Trinajstić information content (AvgIpc) is 2.54. The Kier molecular flexibility index (Phi) is 6.15. The maximum absolute atomic E-state index is 13.5. The Morgan fingerprint density at radius 2 is 2.00 bits per heavy atom. The molecule has 1 aliphatic rings. The highest BCUT2D eigenvalue weighted by Gasteiger charge is 2.21. The average molecular weight is 327 g/mol. The second kappa shape index (κ2) is 8.10. The van der Waals surface area contributed by atoms with E-state index in [1.807, 2.05) is 0 Å². The normalized spacial score (nSPS) is 17.0. The SMILES string of the molecule is CCN1CCN(C(=O)NC(C)COc2ccc(F)cc2F)CC1. The van der Waals surface area contributed by atoms with Gasteiger partial charge in [-0.3, -0.25) is 0 Å². The minimum Gasteiger partial charge on any atom is -0.488 e. The number of carbonyl (C=O) groups excluding carboxylic acids is 1. The van der Waals surface area contributed by atoms with Gasteiger partial charge in [0.1, 0.15) is 12.4 Å². The maximum atomic E-state index is 13.5. The predicted octanol–water partition coefficient (Wildman–Crippen LogP) is 2.08. The Bertz CT molecular complexity index is 534. The van der Waals surface area contributed by atoms with Crippen molar-refractivity contribution in [2.45, 2.75) is 19.9 Å². The smallest absolute Gasteiger partial charge is 0.317 e. The summed E-state index contributed by atoms with van der Waals surface area (Å²) in [4.78, 5) is 16.2. The molecular weight excluding hydrogens is 304 g/mol. The van der Waals surface area contributed by atoms with Crippen LogP contribution in [0.3, 0.4) is 0 Å². The van der Waals surface area contributed by atoms with E-state index in [4.69, 9.17) is 4.74 Å². The van der Waals surface area contributed by atoms with Crippen molar-refractivity contribution in [2.24, 2.45) is 0 Å². The van der Waals surface area contributed by atoms with Crippen LogP contribution in [-0.2, 0) is 0 Å². The first-order valence-corrected chi connectivity index (χ1v) is 7.85. The molecular formula is C16H23F2N3O2. The molecule has 0 radical (unpaired) electrons. The number of piperazine rings is 1. The molecule has 0 aliphatic carbocycles. The molecule has 2 amide bonds. The van der Waals surface area contributed by atoms with Crippen LogP contribution in [0.4, 0.5) is 13.6 Å². The standard InChI is InChI=1S/C16H23F2N3O2/c1-3-20-6-8-21(9-7-20)16(22)19-12(2)11-23-15-5-4-13(17)10-14(15)18/h4-5,10,12H,3,6-9,11H2,1-2H3,(H,19,22). The van der Waals surface area contributed by atoms with Crippen molar-refractivity contribution in [3.63, 3.8) is 0 Å². The summed E-state index contributed by atoms with van der Waals surface area (Å²) in [5.74, 6) is -1.43. The van der Waals surface area contributed by atoms with Gasteiger partial charge < -0.3 is 19.9 Å². The fraction of sp³-hybridized carbons (Fsp3) is 0.562. The predicted molar refractivity (Wildman–Crippen MR) is 83.5 cm³/mol. The van der Waals surface area contributed by atoms with Crippen molar-refractivity contribution < 1.29 is 18.3 Å². The van der Waals surface area contributed by atoms with E-state index in [1.165, 1.54) is 6.07 Å². The van der Waals surface area contributed by atoms with Crippen LogP contribution < -0.4 is 10.1 Å². The first-order valence-electron chi connectivity index (χ1n) is 7.85. The number of benzene rings is 1. The van der Waals surface area contributed by atoms with Crippen molar-refractivity contribution >= 4 is 6.03 Å². The fourth-order valence-corrected chi connectivity index (χ4v) is 2.42. The monoisotopic (exact) mass is 327 g/mol. The lowest BCUT2D eigenvalue weighted by Gasteiger charge is -2.34. The van der Waals surface area contributed by atoms with Crippen LogP contribution in [0.1, 0.15) is 13.8 Å². The van der Waals surface area contributed by atoms with E-state index < -0.39 is 11.6 Å². The molecule has 1 unspecified atom stereocenters. The quantitative estimate of drug-likeness (QED) is 0.901. The molecule has 1 heterocycles. The van der Waals surface area contributed by atoms with Gasteiger partial charge in [-0.15, -0.1) is 0 Å². The summed E-state index contributed by atoms with van der Waals surface area (Å²) in [5.41, 5.74) is 0. The summed E-state index contributed by atoms with van der Waals surface area (Å²) in [7, 11) is 0. The molecule has 1 aromatic rings. The lowest BCUT2D eigenvalue weighted by Crippen LogP contribution is -2.53. The number of carbonyl (C=O) groups is 1. The molecule has 0 bridgehead atoms. The summed E-state index contributed by atoms with van der Waals surface area (Å²) in [6.07, 6.45) is 0. The highest BCUT2D eigenvalue weighted by molar-refractivity contribution is 5.74. The zero-order valence-electron chi connectivity index (χ0n) is 13.5. The fourth-order valence-electron chi connectivity index (χ4n) is 2.42. The minimum absolute atomic E-state index is 0.0240. The van der Waals surface area contributed by atoms with E-state index in [2.05, 4.69) is 17.1 Å². The van der Waals surface area contributed by atoms with E-state index in [9.17, 15) is 13.6 Å². The molecule has 1 N–H and O–H groups in total. The molecule has 1 fully saturated rings. The van der Waals surface area contributed by atoms with Crippen molar-refractivity contribution in [3.8, 4) is 5.75 Å². The Labute approximate surface area is 135 Å². The van der Waals surface area contributed by atoms with Gasteiger partial charge in [-0.25, -0.2) is 13.6 Å². The highest BCUT2D eigenvalue weighted by Crippen LogP contribution is 2.17. The van der Waals surface area contributed by atoms with E-state index in [-0.39, 0.29) is 24.4 Å². The third-order valence-electron chi connectivity index (χ3n) is 3.86. The number of nitrogens with one attached hydrogen (secondary N) is 1. The summed E-state index contributed by atoms with van der Waals surface area (Å²) >= 11 is 0. The number of nitrogens with zero attached hydrogens (tertiary/aromatic N) is 2. The van der Waals surface area contributed by atoms with Gasteiger partial charge in [0.25, 0.3) is 0 Å². The first-order chi connectivity index (χ1) is 11.0. The first kappa shape index (κ1) is 17.5. The Morgan fingerprint density at radius 3 is 2.61 bits per heavy atom. The molecule has 2 rings (SSSR count). The number of likely N-dealkylation sites (N-methyl/N-ethyl adjacent to an activating group) is 1. The Morgan fingerprint density at radius 1 is 1.30 bits per heavy atom. The Hall–Kier alpha value is -1.89. The zero-order chi connectivity index (χ0) is 16.8. The topological polar surface area (TPSA) is 44.8 Å². The molecule has 1 aromatic carbocycles. The molecule has 0 spiro atoms. The second-order valence-corrected chi connectivity index (χ2v) is 5.66. The van der Waals surface area contributed by atoms with Crippen LogP contribution >= 0.6 is 0 Å². The third-order valence-corrected chi connectivity index (χ3v) is 3.86. The van der Waals surface area contributed by atoms with E-state index >= 15 is 0 Å². The van der Waals surface area contributed by atoms with Gasteiger partial charge in [-0.1, -0.05) is 6.92 Å². The number of rotatable bonds is 5. The Balaban J connectivity index is 1.76. The van der Waals surface area contributed by atoms with Crippen LogP contribution in [0.2, 0.25) is 0 Å². The molecule has 0 saturated carbocycles. The summed E-state index contributed by atoms with van der Waals surface area (Å²) in [6, 6.07) is 2.72. The lowest BCUT2D eigenvalue weighted by atomic mass is 10.3. The van der Waals surface area contributed by atoms with Gasteiger partial charge in [0.15, 0.2) is 11.6 Å². The minimum atomic E-state index is -0.751. The summed E-state index contributed by atoms with van der Waals surface area (Å²) in [5, 5.41) is 2.83. The molecule has 23 heavy (non-hydrogen) atoms. The van der Waals surface area contributed by atoms with E-state index in [0.717, 1.165) is 31.8 Å². The number of urea groups is 1. The number of amides is 2. The van der Waals surface area contributed by atoms with Crippen molar-refractivity contribution in [1.29, 1.82) is 0 Å². The molecule has 128 valence electrons. The molecule has 1 saturated heterocycles. The van der Waals surface area contributed by atoms with Gasteiger partial charge in [0, 0.05) is 32.2 Å². The largest absolute Gasteiger partial charge is 0.488 e. The number of ether oxygens (including phenoxy) is 1. The van der Waals surface area contributed by atoms with Crippen molar-refractivity contribution in [1.82, 2.24) is 15.1 Å². The molecule has 1 aliphatic heterocycles. The second-order valence-electron chi connectivity index (χ2n) is 5.66. The van der Waals surface area contributed by atoms with Crippen LogP contribution in [0.15, 0.2) is 18.2 Å². The summed E-state index contributed by atoms with van der Waals surface area (Å²) in [6.45, 7) is 8.11. The van der Waals surface area contributed by atoms with E-state index in [0.29, 0.717) is 13.1 Å². The molecule has 1 atom stereocenters. The van der Waals surface area contributed by atoms with Gasteiger partial charge in [-0.05, 0) is 25.6 Å². The third kappa shape index (κ3) is 5.06. The highest BCUT2D eigenvalue weighted by atomic mass is 19.1. The van der Waals surface area contributed by atoms with E-state index in [1.54, 1.807) is 11.8 Å². The van der Waals surface area contributed by atoms with Crippen LogP contribution in [0.25, 0.3) is 0 Å². The van der Waals surface area contributed by atoms with Crippen LogP contribution in [-0.4, -0.2) is 61.2 Å². The van der Waals surface area contributed by atoms with Gasteiger partial charge in [0.05, 0.1) is 6.04 Å². The van der Waals surface area contributed by atoms with Gasteiger partial charge >= 0.3 is 6.03 Å². The zero-order valence-corrected chi connectivity index (χ0v) is 13.5. The van der Waals surface area contributed by atoms with Crippen LogP contribution in [0.5, 0.6) is 5.75 Å². The lowest BCUT2D eigenvalue weighted by molar-refractivity contribution is 0.138. The van der Waals surface area contributed by atoms with Crippen molar-refractivity contribution in [2.75, 3.05) is 39.3 Å². The summed E-state index contributed by atoms with van der Waals surface area (Å²) < 4.78 is 31.6. The van der Waals surface area contributed by atoms with Gasteiger partial charge in [-0.2, -0.15) is 0 Å². The van der Waals surface area contributed by atoms with Crippen molar-refractivity contribution in [3.05, 3.63) is 29.8 Å². The maximum Gasteiger partial charge on any atom is 0.317 e. The molecule has 5 nitrogen and oxygen atoms in total.